The van der Waals surface area contributed by atoms with Crippen molar-refractivity contribution in [3.63, 3.8) is 0 Å². The monoisotopic (exact) mass is 316 g/mol. The number of hydrogen-bond acceptors (Lipinski definition) is 8. The molecule has 8 heteroatoms. The molecule has 0 saturated carbocycles. The number of nitrogens with two attached hydrogens (primary N) is 1. The maximum Gasteiger partial charge on any atom is 0.142 e. The molecule has 1 aromatic rings. The largest absolute Gasteiger partial charge is 0.505 e. The van der Waals surface area contributed by atoms with E-state index in [1.54, 1.807) is 30.1 Å². The molecule has 8 N–H and O–H groups in total. The first-order valence-corrected chi connectivity index (χ1v) is 6.86. The first-order chi connectivity index (χ1) is 10.3. The zero-order chi connectivity index (χ0) is 16.9. The van der Waals surface area contributed by atoms with E-state index >= 15 is 0 Å². The lowest BCUT2D eigenvalue weighted by atomic mass is 10.0. The van der Waals surface area contributed by atoms with Crippen molar-refractivity contribution in [1.82, 2.24) is 4.90 Å². The molecule has 0 aliphatic heterocycles. The number of aliphatic hydroxyl groups is 5. The predicted octanol–water partition coefficient (Wildman–Crippen LogP) is -2.16. The molecule has 0 bridgehead atoms. The van der Waals surface area contributed by atoms with Crippen LogP contribution in [0.15, 0.2) is 18.2 Å². The van der Waals surface area contributed by atoms with E-state index < -0.39 is 31.0 Å². The lowest BCUT2D eigenvalue weighted by Crippen LogP contribution is -2.49. The standard InChI is InChI=1S/C14H24N2O6/c1-16(5-8-3-2-4-9(15)12(8)20)6-10(18)13(21)14(22)11(19)7-17/h2-4,10-11,13-14,17-22H,5-7,15H2,1H3/t10-,11+,13+,14+/m0/s1. The van der Waals surface area contributed by atoms with Gasteiger partial charge in [0, 0.05) is 18.7 Å². The fourth-order valence-electron chi connectivity index (χ4n) is 2.08. The molecular formula is C14H24N2O6. The van der Waals surface area contributed by atoms with Crippen LogP contribution in [0.5, 0.6) is 5.75 Å². The van der Waals surface area contributed by atoms with E-state index in [1.165, 1.54) is 0 Å². The Labute approximate surface area is 128 Å². The van der Waals surface area contributed by atoms with Gasteiger partial charge in [-0.05, 0) is 13.1 Å². The summed E-state index contributed by atoms with van der Waals surface area (Å²) in [5, 5.41) is 56.9. The van der Waals surface area contributed by atoms with Crippen molar-refractivity contribution >= 4 is 5.69 Å². The maximum absolute atomic E-state index is 9.87. The number of phenolic OH excluding ortho intramolecular Hbond substituents is 1. The number of rotatable bonds is 8. The summed E-state index contributed by atoms with van der Waals surface area (Å²) in [7, 11) is 1.65. The van der Waals surface area contributed by atoms with Gasteiger partial charge in [0.2, 0.25) is 0 Å². The van der Waals surface area contributed by atoms with Crippen molar-refractivity contribution in [2.45, 2.75) is 31.0 Å². The summed E-state index contributed by atoms with van der Waals surface area (Å²) in [6, 6.07) is 4.92. The second kappa shape index (κ2) is 8.28. The van der Waals surface area contributed by atoms with Gasteiger partial charge in [0.15, 0.2) is 0 Å². The van der Waals surface area contributed by atoms with Gasteiger partial charge < -0.3 is 36.4 Å². The third-order valence-corrected chi connectivity index (χ3v) is 3.42. The lowest BCUT2D eigenvalue weighted by Gasteiger charge is -2.28. The van der Waals surface area contributed by atoms with Crippen LogP contribution in [0.25, 0.3) is 0 Å². The Bertz CT molecular complexity index is 473. The molecule has 22 heavy (non-hydrogen) atoms. The normalized spacial score (nSPS) is 17.2. The Balaban J connectivity index is 2.60. The van der Waals surface area contributed by atoms with Crippen molar-refractivity contribution in [3.8, 4) is 5.75 Å². The summed E-state index contributed by atoms with van der Waals surface area (Å²) < 4.78 is 0. The van der Waals surface area contributed by atoms with Gasteiger partial charge in [-0.1, -0.05) is 12.1 Å². The quantitative estimate of drug-likeness (QED) is 0.212. The molecule has 4 atom stereocenters. The van der Waals surface area contributed by atoms with Crippen LogP contribution < -0.4 is 5.73 Å². The molecular weight excluding hydrogens is 292 g/mol. The molecule has 0 radical (unpaired) electrons. The number of aliphatic hydroxyl groups excluding tert-OH is 5. The molecule has 126 valence electrons. The van der Waals surface area contributed by atoms with Crippen LogP contribution in [0, 0.1) is 0 Å². The Hall–Kier alpha value is -1.42. The van der Waals surface area contributed by atoms with Gasteiger partial charge >= 0.3 is 0 Å². The first kappa shape index (κ1) is 18.6. The molecule has 0 fully saturated rings. The molecule has 1 aromatic carbocycles. The Morgan fingerprint density at radius 2 is 1.68 bits per heavy atom. The summed E-state index contributed by atoms with van der Waals surface area (Å²) >= 11 is 0. The van der Waals surface area contributed by atoms with Crippen molar-refractivity contribution in [2.75, 3.05) is 25.9 Å². The number of phenols is 1. The van der Waals surface area contributed by atoms with Gasteiger partial charge in [-0.3, -0.25) is 4.90 Å². The van der Waals surface area contributed by atoms with E-state index in [0.29, 0.717) is 5.56 Å². The third kappa shape index (κ3) is 4.80. The van der Waals surface area contributed by atoms with Gasteiger partial charge in [0.1, 0.15) is 24.1 Å². The lowest BCUT2D eigenvalue weighted by molar-refractivity contribution is -0.118. The summed E-state index contributed by atoms with van der Waals surface area (Å²) in [4.78, 5) is 1.61. The molecule has 0 aliphatic rings. The topological polar surface area (TPSA) is 151 Å². The van der Waals surface area contributed by atoms with Crippen LogP contribution >= 0.6 is 0 Å². The summed E-state index contributed by atoms with van der Waals surface area (Å²) in [6.45, 7) is -0.484. The fraction of sp³-hybridized carbons (Fsp3) is 0.571. The SMILES string of the molecule is CN(Cc1cccc(N)c1O)C[C@H](O)[C@@H](O)[C@H](O)[C@H](O)CO. The first-order valence-electron chi connectivity index (χ1n) is 6.86. The second-order valence-corrected chi connectivity index (χ2v) is 5.35. The highest BCUT2D eigenvalue weighted by Gasteiger charge is 2.30. The number of benzene rings is 1. The smallest absolute Gasteiger partial charge is 0.142 e. The van der Waals surface area contributed by atoms with Crippen LogP contribution in [0.3, 0.4) is 0 Å². The van der Waals surface area contributed by atoms with E-state index in [1.807, 2.05) is 0 Å². The van der Waals surface area contributed by atoms with Crippen LogP contribution in [0.2, 0.25) is 0 Å². The van der Waals surface area contributed by atoms with Crippen molar-refractivity contribution in [3.05, 3.63) is 23.8 Å². The van der Waals surface area contributed by atoms with Gasteiger partial charge in [0.25, 0.3) is 0 Å². The highest BCUT2D eigenvalue weighted by molar-refractivity contribution is 5.55. The van der Waals surface area contributed by atoms with Gasteiger partial charge in [-0.2, -0.15) is 0 Å². The number of anilines is 1. The van der Waals surface area contributed by atoms with Crippen LogP contribution in [-0.4, -0.2) is 80.2 Å². The number of aromatic hydroxyl groups is 1. The number of nitrogens with zero attached hydrogens (tertiary/aromatic N) is 1. The van der Waals surface area contributed by atoms with E-state index in [4.69, 9.17) is 10.8 Å². The molecule has 0 amide bonds. The highest BCUT2D eigenvalue weighted by Crippen LogP contribution is 2.25. The Kier molecular flexibility index (Phi) is 7.01. The van der Waals surface area contributed by atoms with E-state index in [0.717, 1.165) is 0 Å². The van der Waals surface area contributed by atoms with E-state index in [9.17, 15) is 25.5 Å². The van der Waals surface area contributed by atoms with Crippen LogP contribution in [0.4, 0.5) is 5.69 Å². The predicted molar refractivity (Wildman–Crippen MR) is 80.0 cm³/mol. The third-order valence-electron chi connectivity index (χ3n) is 3.42. The van der Waals surface area contributed by atoms with Crippen LogP contribution in [-0.2, 0) is 6.54 Å². The van der Waals surface area contributed by atoms with Crippen molar-refractivity contribution in [1.29, 1.82) is 0 Å². The summed E-state index contributed by atoms with van der Waals surface area (Å²) in [5.41, 5.74) is 6.39. The maximum atomic E-state index is 9.87. The molecule has 0 aliphatic carbocycles. The molecule has 8 nitrogen and oxygen atoms in total. The molecule has 0 spiro atoms. The summed E-state index contributed by atoms with van der Waals surface area (Å²) in [6.07, 6.45) is -6.15. The zero-order valence-electron chi connectivity index (χ0n) is 12.4. The molecule has 0 saturated heterocycles. The fourth-order valence-corrected chi connectivity index (χ4v) is 2.08. The van der Waals surface area contributed by atoms with E-state index in [-0.39, 0.29) is 24.5 Å². The average Bonchev–Trinajstić information content (AvgIpc) is 2.49. The summed E-state index contributed by atoms with van der Waals surface area (Å²) in [5.74, 6) is -0.0416. The zero-order valence-corrected chi connectivity index (χ0v) is 12.4. The highest BCUT2D eigenvalue weighted by atomic mass is 16.4. The number of likely N-dealkylation sites (N-methyl/N-ethyl adjacent to an activating group) is 1. The minimum Gasteiger partial charge on any atom is -0.505 e. The van der Waals surface area contributed by atoms with Gasteiger partial charge in [-0.25, -0.2) is 0 Å². The van der Waals surface area contributed by atoms with Gasteiger partial charge in [-0.15, -0.1) is 0 Å². The minimum absolute atomic E-state index is 0.0232. The Morgan fingerprint density at radius 3 is 2.27 bits per heavy atom. The van der Waals surface area contributed by atoms with E-state index in [2.05, 4.69) is 0 Å². The number of hydrogen-bond donors (Lipinski definition) is 7. The van der Waals surface area contributed by atoms with Crippen molar-refractivity contribution < 1.29 is 30.6 Å². The second-order valence-electron chi connectivity index (χ2n) is 5.35. The Morgan fingerprint density at radius 1 is 1.09 bits per heavy atom. The number of nitrogen functional groups attached to an aromatic ring is 1. The molecule has 1 rings (SSSR count). The minimum atomic E-state index is -1.66. The van der Waals surface area contributed by atoms with Gasteiger partial charge in [0.05, 0.1) is 18.4 Å². The molecule has 0 heterocycles. The number of para-hydroxylation sites is 1. The average molecular weight is 316 g/mol. The van der Waals surface area contributed by atoms with Crippen LogP contribution in [0.1, 0.15) is 5.56 Å². The molecule has 0 aromatic heterocycles. The van der Waals surface area contributed by atoms with Crippen molar-refractivity contribution in [2.24, 2.45) is 0 Å². The molecule has 0 unspecified atom stereocenters.